The molecule has 1 saturated heterocycles. The number of nitro groups is 1. The average molecular weight is 249 g/mol. The predicted molar refractivity (Wildman–Crippen MR) is 71.7 cm³/mol. The van der Waals surface area contributed by atoms with E-state index in [2.05, 4.69) is 11.8 Å². The molecule has 1 heterocycles. The fraction of sp³-hybridized carbons (Fsp3) is 0.538. The summed E-state index contributed by atoms with van der Waals surface area (Å²) in [6.07, 6.45) is 2.29. The summed E-state index contributed by atoms with van der Waals surface area (Å²) in [4.78, 5) is 12.7. The van der Waals surface area contributed by atoms with Crippen LogP contribution < -0.4 is 10.6 Å². The van der Waals surface area contributed by atoms with E-state index in [0.717, 1.165) is 18.7 Å². The van der Waals surface area contributed by atoms with Gasteiger partial charge in [0.25, 0.3) is 5.69 Å². The molecule has 98 valence electrons. The van der Waals surface area contributed by atoms with Gasteiger partial charge in [0.1, 0.15) is 0 Å². The standard InChI is InChI=1S/C13H19N3O2/c1-10-4-3-7-15(13(10)9-14)11-5-2-6-12(8-11)16(17)18/h2,5-6,8,10,13H,3-4,7,9,14H2,1H3. The van der Waals surface area contributed by atoms with Crippen molar-refractivity contribution in [3.05, 3.63) is 34.4 Å². The van der Waals surface area contributed by atoms with E-state index >= 15 is 0 Å². The van der Waals surface area contributed by atoms with Crippen LogP contribution in [-0.2, 0) is 0 Å². The quantitative estimate of drug-likeness (QED) is 0.658. The maximum atomic E-state index is 10.8. The molecule has 2 N–H and O–H groups in total. The van der Waals surface area contributed by atoms with Crippen LogP contribution >= 0.6 is 0 Å². The first-order valence-electron chi connectivity index (χ1n) is 6.34. The molecule has 2 rings (SSSR count). The number of benzene rings is 1. The molecule has 5 heteroatoms. The van der Waals surface area contributed by atoms with Crippen molar-refractivity contribution >= 4 is 11.4 Å². The maximum Gasteiger partial charge on any atom is 0.271 e. The van der Waals surface area contributed by atoms with Gasteiger partial charge in [0.05, 0.1) is 4.92 Å². The van der Waals surface area contributed by atoms with Gasteiger partial charge in [-0.1, -0.05) is 13.0 Å². The van der Waals surface area contributed by atoms with Crippen molar-refractivity contribution in [3.8, 4) is 0 Å². The molecule has 1 aliphatic rings. The normalized spacial score (nSPS) is 24.0. The van der Waals surface area contributed by atoms with Crippen molar-refractivity contribution in [1.82, 2.24) is 0 Å². The molecule has 1 aromatic carbocycles. The lowest BCUT2D eigenvalue weighted by molar-refractivity contribution is -0.384. The van der Waals surface area contributed by atoms with E-state index in [4.69, 9.17) is 5.73 Å². The van der Waals surface area contributed by atoms with Crippen LogP contribution in [0.15, 0.2) is 24.3 Å². The van der Waals surface area contributed by atoms with Gasteiger partial charge >= 0.3 is 0 Å². The second-order valence-electron chi connectivity index (χ2n) is 4.89. The van der Waals surface area contributed by atoms with Gasteiger partial charge in [-0.3, -0.25) is 10.1 Å². The summed E-state index contributed by atoms with van der Waals surface area (Å²) in [6, 6.07) is 7.10. The number of hydrogen-bond donors (Lipinski definition) is 1. The first-order valence-corrected chi connectivity index (χ1v) is 6.34. The van der Waals surface area contributed by atoms with Crippen LogP contribution in [0.2, 0.25) is 0 Å². The molecule has 1 aliphatic heterocycles. The molecular formula is C13H19N3O2. The molecule has 2 unspecified atom stereocenters. The largest absolute Gasteiger partial charge is 0.367 e. The van der Waals surface area contributed by atoms with Gasteiger partial charge in [0, 0.05) is 37.0 Å². The fourth-order valence-corrected chi connectivity index (χ4v) is 2.71. The van der Waals surface area contributed by atoms with Crippen LogP contribution in [-0.4, -0.2) is 24.1 Å². The highest BCUT2D eigenvalue weighted by Gasteiger charge is 2.28. The number of hydrogen-bond acceptors (Lipinski definition) is 4. The molecule has 0 saturated carbocycles. The molecule has 0 aromatic heterocycles. The molecule has 1 fully saturated rings. The second-order valence-corrected chi connectivity index (χ2v) is 4.89. The Bertz CT molecular complexity index is 436. The first kappa shape index (κ1) is 12.8. The van der Waals surface area contributed by atoms with E-state index in [9.17, 15) is 10.1 Å². The van der Waals surface area contributed by atoms with Crippen LogP contribution in [0, 0.1) is 16.0 Å². The van der Waals surface area contributed by atoms with Crippen molar-refractivity contribution in [1.29, 1.82) is 0 Å². The van der Waals surface area contributed by atoms with Crippen molar-refractivity contribution in [2.45, 2.75) is 25.8 Å². The topological polar surface area (TPSA) is 72.4 Å². The minimum Gasteiger partial charge on any atom is -0.367 e. The van der Waals surface area contributed by atoms with E-state index in [1.165, 1.54) is 12.5 Å². The van der Waals surface area contributed by atoms with E-state index in [0.29, 0.717) is 12.5 Å². The third-order valence-electron chi connectivity index (χ3n) is 3.73. The van der Waals surface area contributed by atoms with Gasteiger partial charge < -0.3 is 10.6 Å². The minimum atomic E-state index is -0.353. The number of nitrogens with two attached hydrogens (primary N) is 1. The molecule has 1 aromatic rings. The maximum absolute atomic E-state index is 10.8. The molecule has 0 amide bonds. The number of anilines is 1. The molecule has 0 radical (unpaired) electrons. The molecule has 0 aliphatic carbocycles. The van der Waals surface area contributed by atoms with Crippen molar-refractivity contribution in [3.63, 3.8) is 0 Å². The number of non-ortho nitro benzene ring substituents is 1. The summed E-state index contributed by atoms with van der Waals surface area (Å²) >= 11 is 0. The Balaban J connectivity index is 2.28. The summed E-state index contributed by atoms with van der Waals surface area (Å²) in [5, 5.41) is 10.8. The molecule has 0 spiro atoms. The molecular weight excluding hydrogens is 230 g/mol. The Morgan fingerprint density at radius 2 is 2.33 bits per heavy atom. The average Bonchev–Trinajstić information content (AvgIpc) is 2.38. The number of rotatable bonds is 3. The summed E-state index contributed by atoms with van der Waals surface area (Å²) in [7, 11) is 0. The smallest absolute Gasteiger partial charge is 0.271 e. The third kappa shape index (κ3) is 2.46. The van der Waals surface area contributed by atoms with Gasteiger partial charge in [-0.05, 0) is 24.8 Å². The second kappa shape index (κ2) is 5.35. The van der Waals surface area contributed by atoms with Crippen molar-refractivity contribution in [2.24, 2.45) is 11.7 Å². The van der Waals surface area contributed by atoms with E-state index < -0.39 is 0 Å². The fourth-order valence-electron chi connectivity index (χ4n) is 2.71. The number of nitrogens with zero attached hydrogens (tertiary/aromatic N) is 2. The lowest BCUT2D eigenvalue weighted by Gasteiger charge is -2.41. The summed E-state index contributed by atoms with van der Waals surface area (Å²) < 4.78 is 0. The van der Waals surface area contributed by atoms with Crippen molar-refractivity contribution < 1.29 is 4.92 Å². The minimum absolute atomic E-state index is 0.140. The Labute approximate surface area is 107 Å². The van der Waals surface area contributed by atoms with Gasteiger partial charge in [-0.2, -0.15) is 0 Å². The van der Waals surface area contributed by atoms with Gasteiger partial charge in [0.15, 0.2) is 0 Å². The number of piperidine rings is 1. The Morgan fingerprint density at radius 1 is 1.56 bits per heavy atom. The van der Waals surface area contributed by atoms with Crippen LogP contribution in [0.25, 0.3) is 0 Å². The van der Waals surface area contributed by atoms with Gasteiger partial charge in [-0.25, -0.2) is 0 Å². The van der Waals surface area contributed by atoms with Gasteiger partial charge in [0.2, 0.25) is 0 Å². The summed E-state index contributed by atoms with van der Waals surface area (Å²) in [5.41, 5.74) is 6.89. The highest BCUT2D eigenvalue weighted by atomic mass is 16.6. The lowest BCUT2D eigenvalue weighted by atomic mass is 9.90. The Hall–Kier alpha value is -1.62. The van der Waals surface area contributed by atoms with Crippen LogP contribution in [0.3, 0.4) is 0 Å². The zero-order chi connectivity index (χ0) is 13.1. The van der Waals surface area contributed by atoms with Gasteiger partial charge in [-0.15, -0.1) is 0 Å². The molecule has 18 heavy (non-hydrogen) atoms. The van der Waals surface area contributed by atoms with Crippen LogP contribution in [0.4, 0.5) is 11.4 Å². The zero-order valence-electron chi connectivity index (χ0n) is 10.6. The van der Waals surface area contributed by atoms with E-state index in [-0.39, 0.29) is 16.7 Å². The summed E-state index contributed by atoms with van der Waals surface area (Å²) in [6.45, 7) is 3.71. The van der Waals surface area contributed by atoms with E-state index in [1.807, 2.05) is 6.07 Å². The molecule has 5 nitrogen and oxygen atoms in total. The summed E-state index contributed by atoms with van der Waals surface area (Å²) in [5.74, 6) is 0.531. The monoisotopic (exact) mass is 249 g/mol. The first-order chi connectivity index (χ1) is 8.63. The highest BCUT2D eigenvalue weighted by Crippen LogP contribution is 2.30. The van der Waals surface area contributed by atoms with Crippen molar-refractivity contribution in [2.75, 3.05) is 18.0 Å². The number of nitro benzene ring substituents is 1. The Morgan fingerprint density at radius 3 is 3.00 bits per heavy atom. The zero-order valence-corrected chi connectivity index (χ0v) is 10.6. The Kier molecular flexibility index (Phi) is 3.81. The predicted octanol–water partition coefficient (Wildman–Crippen LogP) is 2.16. The molecule has 0 bridgehead atoms. The van der Waals surface area contributed by atoms with E-state index in [1.54, 1.807) is 12.1 Å². The lowest BCUT2D eigenvalue weighted by Crippen LogP contribution is -2.48. The highest BCUT2D eigenvalue weighted by molar-refractivity contribution is 5.54. The third-order valence-corrected chi connectivity index (χ3v) is 3.73. The molecule has 2 atom stereocenters. The SMILES string of the molecule is CC1CCCN(c2cccc([N+](=O)[O-])c2)C1CN. The van der Waals surface area contributed by atoms with Crippen LogP contribution in [0.5, 0.6) is 0 Å². The van der Waals surface area contributed by atoms with Crippen LogP contribution in [0.1, 0.15) is 19.8 Å².